The Morgan fingerprint density at radius 1 is 1.47 bits per heavy atom. The Bertz CT molecular complexity index is 404. The van der Waals surface area contributed by atoms with E-state index in [1.54, 1.807) is 18.2 Å². The first-order chi connectivity index (χ1) is 8.15. The second kappa shape index (κ2) is 7.11. The van der Waals surface area contributed by atoms with E-state index in [2.05, 4.69) is 15.5 Å². The number of hydrogen-bond donors (Lipinski definition) is 1. The molecule has 0 saturated carbocycles. The second-order valence-electron chi connectivity index (χ2n) is 2.87. The number of benzene rings is 1. The molecule has 0 radical (unpaired) electrons. The van der Waals surface area contributed by atoms with Gasteiger partial charge in [0, 0.05) is 5.56 Å². The molecule has 0 spiro atoms. The molecule has 1 rings (SSSR count). The van der Waals surface area contributed by atoms with Gasteiger partial charge in [-0.3, -0.25) is 9.63 Å². The predicted octanol–water partition coefficient (Wildman–Crippen LogP) is 2.02. The van der Waals surface area contributed by atoms with Crippen LogP contribution in [0, 0.1) is 0 Å². The van der Waals surface area contributed by atoms with Crippen molar-refractivity contribution in [2.24, 2.45) is 5.16 Å². The Labute approximate surface area is 108 Å². The van der Waals surface area contributed by atoms with E-state index in [1.807, 2.05) is 0 Å². The number of hydrogen-bond acceptors (Lipinski definition) is 4. The molecule has 1 amide bonds. The summed E-state index contributed by atoms with van der Waals surface area (Å²) in [5.41, 5.74) is 2.61. The maximum absolute atomic E-state index is 10.9. The number of rotatable bonds is 5. The third-order valence-electron chi connectivity index (χ3n) is 1.67. The van der Waals surface area contributed by atoms with Crippen molar-refractivity contribution in [3.63, 3.8) is 0 Å². The molecule has 92 valence electrons. The molecule has 0 fully saturated rings. The maximum atomic E-state index is 10.9. The number of hydroxylamine groups is 1. The molecule has 7 heteroatoms. The summed E-state index contributed by atoms with van der Waals surface area (Å²) >= 11 is 11.8. The van der Waals surface area contributed by atoms with Crippen molar-refractivity contribution in [2.45, 2.75) is 0 Å². The highest BCUT2D eigenvalue weighted by molar-refractivity contribution is 6.38. The molecule has 0 heterocycles. The summed E-state index contributed by atoms with van der Waals surface area (Å²) < 4.78 is 0. The van der Waals surface area contributed by atoms with Crippen LogP contribution in [0.5, 0.6) is 0 Å². The van der Waals surface area contributed by atoms with Gasteiger partial charge in [-0.2, -0.15) is 0 Å². The summed E-state index contributed by atoms with van der Waals surface area (Å²) in [7, 11) is 1.32. The van der Waals surface area contributed by atoms with Crippen molar-refractivity contribution >= 4 is 35.3 Å². The first-order valence-electron chi connectivity index (χ1n) is 4.56. The molecular weight excluding hydrogens is 267 g/mol. The first kappa shape index (κ1) is 13.8. The molecular formula is C10H10Cl2N2O3. The van der Waals surface area contributed by atoms with Crippen LogP contribution in [0.1, 0.15) is 5.56 Å². The predicted molar refractivity (Wildman–Crippen MR) is 65.2 cm³/mol. The molecule has 5 nitrogen and oxygen atoms in total. The smallest absolute Gasteiger partial charge is 0.284 e. The average Bonchev–Trinajstić information content (AvgIpc) is 2.28. The molecule has 1 aromatic carbocycles. The molecule has 0 bridgehead atoms. The maximum Gasteiger partial charge on any atom is 0.284 e. The van der Waals surface area contributed by atoms with Gasteiger partial charge in [0.2, 0.25) is 0 Å². The van der Waals surface area contributed by atoms with Gasteiger partial charge in [-0.15, -0.1) is 0 Å². The summed E-state index contributed by atoms with van der Waals surface area (Å²) in [6.45, 7) is -0.258. The topological polar surface area (TPSA) is 59.9 Å². The number of oxime groups is 1. The Kier molecular flexibility index (Phi) is 5.76. The van der Waals surface area contributed by atoms with E-state index in [9.17, 15) is 4.79 Å². The van der Waals surface area contributed by atoms with Gasteiger partial charge in [0.1, 0.15) is 0 Å². The van der Waals surface area contributed by atoms with Gasteiger partial charge in [0.25, 0.3) is 5.91 Å². The van der Waals surface area contributed by atoms with E-state index in [1.165, 1.54) is 13.3 Å². The van der Waals surface area contributed by atoms with Crippen molar-refractivity contribution in [3.05, 3.63) is 33.8 Å². The van der Waals surface area contributed by atoms with Crippen molar-refractivity contribution in [2.75, 3.05) is 13.7 Å². The third kappa shape index (κ3) is 4.60. The number of carbonyl (C=O) groups is 1. The fourth-order valence-corrected chi connectivity index (χ4v) is 1.46. The largest absolute Gasteiger partial charge is 0.386 e. The summed E-state index contributed by atoms with van der Waals surface area (Å²) in [5.74, 6) is -0.449. The lowest BCUT2D eigenvalue weighted by Gasteiger charge is -2.01. The quantitative estimate of drug-likeness (QED) is 0.661. The lowest BCUT2D eigenvalue weighted by atomic mass is 10.2. The van der Waals surface area contributed by atoms with Crippen LogP contribution in [0.25, 0.3) is 0 Å². The van der Waals surface area contributed by atoms with E-state index in [0.29, 0.717) is 15.6 Å². The lowest BCUT2D eigenvalue weighted by molar-refractivity contribution is -0.136. The van der Waals surface area contributed by atoms with Gasteiger partial charge in [0.15, 0.2) is 6.61 Å². The molecule has 1 aromatic rings. The van der Waals surface area contributed by atoms with Crippen molar-refractivity contribution in [1.29, 1.82) is 0 Å². The van der Waals surface area contributed by atoms with Gasteiger partial charge in [-0.1, -0.05) is 34.4 Å². The normalized spacial score (nSPS) is 10.5. The fraction of sp³-hybridized carbons (Fsp3) is 0.200. The molecule has 17 heavy (non-hydrogen) atoms. The number of nitrogens with one attached hydrogen (secondary N) is 1. The molecule has 0 aliphatic rings. The first-order valence-corrected chi connectivity index (χ1v) is 5.32. The summed E-state index contributed by atoms with van der Waals surface area (Å²) in [6, 6.07) is 5.06. The van der Waals surface area contributed by atoms with E-state index in [-0.39, 0.29) is 6.61 Å². The molecule has 0 aliphatic carbocycles. The minimum absolute atomic E-state index is 0.258. The minimum Gasteiger partial charge on any atom is -0.386 e. The zero-order chi connectivity index (χ0) is 12.7. The van der Waals surface area contributed by atoms with Crippen LogP contribution in [0.15, 0.2) is 23.4 Å². The number of nitrogens with zero attached hydrogens (tertiary/aromatic N) is 1. The standard InChI is InChI=1S/C10H10Cl2N2O3/c1-16-14-10(15)6-17-13-5-7-8(11)3-2-4-9(7)12/h2-5H,6H2,1H3,(H,14,15). The second-order valence-corrected chi connectivity index (χ2v) is 3.69. The van der Waals surface area contributed by atoms with Crippen LogP contribution in [-0.4, -0.2) is 25.8 Å². The number of carbonyl (C=O) groups excluding carboxylic acids is 1. The van der Waals surface area contributed by atoms with Gasteiger partial charge in [-0.05, 0) is 12.1 Å². The molecule has 0 aromatic heterocycles. The highest BCUT2D eigenvalue weighted by Crippen LogP contribution is 2.22. The summed E-state index contributed by atoms with van der Waals surface area (Å²) in [5, 5.41) is 4.48. The monoisotopic (exact) mass is 276 g/mol. The van der Waals surface area contributed by atoms with E-state index >= 15 is 0 Å². The SMILES string of the molecule is CONC(=O)CON=Cc1c(Cl)cccc1Cl. The van der Waals surface area contributed by atoms with E-state index in [4.69, 9.17) is 28.0 Å². The van der Waals surface area contributed by atoms with Crippen LogP contribution in [-0.2, 0) is 14.5 Å². The van der Waals surface area contributed by atoms with Crippen molar-refractivity contribution < 1.29 is 14.5 Å². The zero-order valence-electron chi connectivity index (χ0n) is 8.94. The van der Waals surface area contributed by atoms with Crippen molar-refractivity contribution in [3.8, 4) is 0 Å². The average molecular weight is 277 g/mol. The molecule has 0 unspecified atom stereocenters. The van der Waals surface area contributed by atoms with Gasteiger partial charge in [-0.25, -0.2) is 5.48 Å². The molecule has 0 atom stereocenters. The fourth-order valence-electron chi connectivity index (χ4n) is 0.963. The summed E-state index contributed by atoms with van der Waals surface area (Å²) in [6.07, 6.45) is 1.34. The van der Waals surface area contributed by atoms with Crippen LogP contribution in [0.2, 0.25) is 10.0 Å². The Morgan fingerprint density at radius 3 is 2.71 bits per heavy atom. The highest BCUT2D eigenvalue weighted by atomic mass is 35.5. The lowest BCUT2D eigenvalue weighted by Crippen LogP contribution is -2.25. The van der Waals surface area contributed by atoms with Crippen LogP contribution < -0.4 is 5.48 Å². The Balaban J connectivity index is 2.51. The van der Waals surface area contributed by atoms with Gasteiger partial charge >= 0.3 is 0 Å². The number of amides is 1. The Morgan fingerprint density at radius 2 is 2.12 bits per heavy atom. The summed E-state index contributed by atoms with van der Waals surface area (Å²) in [4.78, 5) is 20.0. The third-order valence-corrected chi connectivity index (χ3v) is 2.33. The van der Waals surface area contributed by atoms with Gasteiger partial charge in [0.05, 0.1) is 23.4 Å². The molecule has 0 saturated heterocycles. The Hall–Kier alpha value is -1.30. The zero-order valence-corrected chi connectivity index (χ0v) is 10.5. The van der Waals surface area contributed by atoms with Crippen molar-refractivity contribution in [1.82, 2.24) is 5.48 Å². The van der Waals surface area contributed by atoms with E-state index in [0.717, 1.165) is 0 Å². The van der Waals surface area contributed by atoms with Gasteiger partial charge < -0.3 is 4.84 Å². The molecule has 1 N–H and O–H groups in total. The van der Waals surface area contributed by atoms with Crippen LogP contribution in [0.4, 0.5) is 0 Å². The molecule has 0 aliphatic heterocycles. The highest BCUT2D eigenvalue weighted by Gasteiger charge is 2.03. The number of halogens is 2. The minimum atomic E-state index is -0.449. The van der Waals surface area contributed by atoms with E-state index < -0.39 is 5.91 Å². The van der Waals surface area contributed by atoms with Crippen LogP contribution >= 0.6 is 23.2 Å². The van der Waals surface area contributed by atoms with Crippen LogP contribution in [0.3, 0.4) is 0 Å².